The topological polar surface area (TPSA) is 28.7 Å². The maximum atomic E-state index is 4.73. The van der Waals surface area contributed by atoms with Crippen molar-refractivity contribution in [3.63, 3.8) is 0 Å². The predicted octanol–water partition coefficient (Wildman–Crippen LogP) is 5.58. The number of aryl methyl sites for hydroxylation is 1. The van der Waals surface area contributed by atoms with Crippen molar-refractivity contribution < 1.29 is 0 Å². The van der Waals surface area contributed by atoms with E-state index in [0.717, 1.165) is 37.3 Å². The zero-order chi connectivity index (χ0) is 14.1. The maximum absolute atomic E-state index is 4.73. The summed E-state index contributed by atoms with van der Waals surface area (Å²) in [5.74, 6) is 0.890. The Morgan fingerprint density at radius 3 is 2.35 bits per heavy atom. The molecule has 0 aliphatic carbocycles. The fourth-order valence-electron chi connectivity index (χ4n) is 2.12. The number of nitrogens with one attached hydrogen (secondary N) is 1. The van der Waals surface area contributed by atoms with E-state index in [1.807, 2.05) is 37.3 Å². The van der Waals surface area contributed by atoms with E-state index in [1.165, 1.54) is 0 Å². The van der Waals surface area contributed by atoms with Crippen molar-refractivity contribution in [2.75, 3.05) is 0 Å². The highest BCUT2D eigenvalue weighted by Crippen LogP contribution is 2.27. The number of aromatic amines is 1. The van der Waals surface area contributed by atoms with Gasteiger partial charge in [-0.05, 0) is 31.2 Å². The van der Waals surface area contributed by atoms with Crippen LogP contribution in [0.5, 0.6) is 0 Å². The number of imidazole rings is 1. The van der Waals surface area contributed by atoms with Crippen LogP contribution in [0.3, 0.4) is 0 Å². The quantitative estimate of drug-likeness (QED) is 0.607. The summed E-state index contributed by atoms with van der Waals surface area (Å²) in [6.45, 7) is 2.05. The van der Waals surface area contributed by atoms with Gasteiger partial charge in [0.2, 0.25) is 0 Å². The second-order valence-corrected chi connectivity index (χ2v) is 6.41. The van der Waals surface area contributed by atoms with Crippen LogP contribution in [0.25, 0.3) is 22.6 Å². The van der Waals surface area contributed by atoms with Gasteiger partial charge >= 0.3 is 0 Å². The lowest BCUT2D eigenvalue weighted by Gasteiger charge is -1.98. The standard InChI is InChI=1S/C16H12Br2N2/c1-10-15(11-5-7-13(17)8-6-11)20-16(19-10)12-3-2-4-14(18)9-12/h2-9H,1H3,(H,19,20). The van der Waals surface area contributed by atoms with E-state index in [2.05, 4.69) is 55.0 Å². The molecule has 1 N–H and O–H groups in total. The average Bonchev–Trinajstić information content (AvgIpc) is 2.82. The summed E-state index contributed by atoms with van der Waals surface area (Å²) in [6, 6.07) is 16.3. The molecular weight excluding hydrogens is 380 g/mol. The summed E-state index contributed by atoms with van der Waals surface area (Å²) in [6.07, 6.45) is 0. The molecule has 3 aromatic rings. The van der Waals surface area contributed by atoms with Gasteiger partial charge in [-0.15, -0.1) is 0 Å². The molecule has 0 radical (unpaired) electrons. The van der Waals surface area contributed by atoms with Crippen molar-refractivity contribution in [1.29, 1.82) is 0 Å². The van der Waals surface area contributed by atoms with E-state index >= 15 is 0 Å². The van der Waals surface area contributed by atoms with E-state index < -0.39 is 0 Å². The Morgan fingerprint density at radius 1 is 0.900 bits per heavy atom. The summed E-state index contributed by atoms with van der Waals surface area (Å²) in [4.78, 5) is 8.09. The Bertz CT molecular complexity index is 745. The van der Waals surface area contributed by atoms with Gasteiger partial charge in [0.15, 0.2) is 0 Å². The molecule has 100 valence electrons. The molecule has 0 spiro atoms. The fourth-order valence-corrected chi connectivity index (χ4v) is 2.79. The fraction of sp³-hybridized carbons (Fsp3) is 0.0625. The van der Waals surface area contributed by atoms with Crippen molar-refractivity contribution in [3.8, 4) is 22.6 Å². The van der Waals surface area contributed by atoms with Crippen LogP contribution in [-0.4, -0.2) is 9.97 Å². The number of halogens is 2. The summed E-state index contributed by atoms with van der Waals surface area (Å²) in [7, 11) is 0. The van der Waals surface area contributed by atoms with Crippen LogP contribution in [-0.2, 0) is 0 Å². The van der Waals surface area contributed by atoms with Gasteiger partial charge in [-0.3, -0.25) is 0 Å². The molecule has 20 heavy (non-hydrogen) atoms. The number of nitrogens with zero attached hydrogens (tertiary/aromatic N) is 1. The highest BCUT2D eigenvalue weighted by atomic mass is 79.9. The first-order chi connectivity index (χ1) is 9.63. The van der Waals surface area contributed by atoms with Crippen LogP contribution < -0.4 is 0 Å². The van der Waals surface area contributed by atoms with E-state index in [9.17, 15) is 0 Å². The Morgan fingerprint density at radius 2 is 1.65 bits per heavy atom. The van der Waals surface area contributed by atoms with Crippen LogP contribution in [0, 0.1) is 6.92 Å². The highest BCUT2D eigenvalue weighted by molar-refractivity contribution is 9.10. The molecule has 2 aromatic carbocycles. The molecule has 0 amide bonds. The Labute approximate surface area is 134 Å². The number of aromatic nitrogens is 2. The molecule has 0 aliphatic rings. The van der Waals surface area contributed by atoms with Crippen LogP contribution in [0.2, 0.25) is 0 Å². The Hall–Kier alpha value is -1.39. The summed E-state index contributed by atoms with van der Waals surface area (Å²) >= 11 is 6.94. The lowest BCUT2D eigenvalue weighted by molar-refractivity contribution is 1.25. The normalized spacial score (nSPS) is 10.8. The zero-order valence-electron chi connectivity index (χ0n) is 10.8. The largest absolute Gasteiger partial charge is 0.342 e. The van der Waals surface area contributed by atoms with Gasteiger partial charge < -0.3 is 4.98 Å². The van der Waals surface area contributed by atoms with Crippen LogP contribution in [0.15, 0.2) is 57.5 Å². The minimum absolute atomic E-state index is 0.890. The molecule has 0 saturated carbocycles. The molecule has 0 saturated heterocycles. The predicted molar refractivity (Wildman–Crippen MR) is 89.6 cm³/mol. The Balaban J connectivity index is 2.05. The molecule has 4 heteroatoms. The van der Waals surface area contributed by atoms with Gasteiger partial charge in [-0.25, -0.2) is 4.98 Å². The molecule has 1 heterocycles. The van der Waals surface area contributed by atoms with Crippen molar-refractivity contribution in [3.05, 3.63) is 63.2 Å². The number of hydrogen-bond donors (Lipinski definition) is 1. The number of rotatable bonds is 2. The third-order valence-electron chi connectivity index (χ3n) is 3.10. The van der Waals surface area contributed by atoms with Crippen molar-refractivity contribution in [1.82, 2.24) is 9.97 Å². The lowest BCUT2D eigenvalue weighted by atomic mass is 10.1. The third kappa shape index (κ3) is 2.72. The molecule has 1 aromatic heterocycles. The molecule has 2 nitrogen and oxygen atoms in total. The SMILES string of the molecule is Cc1[nH]c(-c2cccc(Br)c2)nc1-c1ccc(Br)cc1. The lowest BCUT2D eigenvalue weighted by Crippen LogP contribution is -1.81. The number of benzene rings is 2. The third-order valence-corrected chi connectivity index (χ3v) is 4.12. The Kier molecular flexibility index (Phi) is 3.76. The van der Waals surface area contributed by atoms with Crippen molar-refractivity contribution in [2.24, 2.45) is 0 Å². The first-order valence-electron chi connectivity index (χ1n) is 6.22. The molecule has 0 atom stereocenters. The summed E-state index contributed by atoms with van der Waals surface area (Å²) < 4.78 is 2.12. The minimum atomic E-state index is 0.890. The maximum Gasteiger partial charge on any atom is 0.138 e. The van der Waals surface area contributed by atoms with Crippen molar-refractivity contribution in [2.45, 2.75) is 6.92 Å². The van der Waals surface area contributed by atoms with Crippen molar-refractivity contribution >= 4 is 31.9 Å². The van der Waals surface area contributed by atoms with Gasteiger partial charge in [0, 0.05) is 25.8 Å². The number of H-pyrrole nitrogens is 1. The highest BCUT2D eigenvalue weighted by Gasteiger charge is 2.10. The van der Waals surface area contributed by atoms with Gasteiger partial charge in [-0.1, -0.05) is 56.1 Å². The molecular formula is C16H12Br2N2. The van der Waals surface area contributed by atoms with E-state index in [1.54, 1.807) is 0 Å². The summed E-state index contributed by atoms with van der Waals surface area (Å²) in [5.41, 5.74) is 4.25. The average molecular weight is 392 g/mol. The molecule has 3 rings (SSSR count). The van der Waals surface area contributed by atoms with Gasteiger partial charge in [-0.2, -0.15) is 0 Å². The monoisotopic (exact) mass is 390 g/mol. The minimum Gasteiger partial charge on any atom is -0.342 e. The van der Waals surface area contributed by atoms with Gasteiger partial charge in [0.05, 0.1) is 5.69 Å². The van der Waals surface area contributed by atoms with Crippen LogP contribution in [0.4, 0.5) is 0 Å². The molecule has 0 fully saturated rings. The number of hydrogen-bond acceptors (Lipinski definition) is 1. The molecule has 0 aliphatic heterocycles. The van der Waals surface area contributed by atoms with E-state index in [-0.39, 0.29) is 0 Å². The second-order valence-electron chi connectivity index (χ2n) is 4.58. The van der Waals surface area contributed by atoms with Crippen LogP contribution >= 0.6 is 31.9 Å². The second kappa shape index (κ2) is 5.54. The first kappa shape index (κ1) is 13.6. The van der Waals surface area contributed by atoms with E-state index in [0.29, 0.717) is 0 Å². The van der Waals surface area contributed by atoms with Crippen LogP contribution in [0.1, 0.15) is 5.69 Å². The summed E-state index contributed by atoms with van der Waals surface area (Å²) in [5, 5.41) is 0. The molecule has 0 bridgehead atoms. The van der Waals surface area contributed by atoms with Gasteiger partial charge in [0.1, 0.15) is 5.82 Å². The van der Waals surface area contributed by atoms with E-state index in [4.69, 9.17) is 4.98 Å². The molecule has 0 unspecified atom stereocenters. The zero-order valence-corrected chi connectivity index (χ0v) is 14.0. The smallest absolute Gasteiger partial charge is 0.138 e. The first-order valence-corrected chi connectivity index (χ1v) is 7.80. The van der Waals surface area contributed by atoms with Gasteiger partial charge in [0.25, 0.3) is 0 Å².